The van der Waals surface area contributed by atoms with E-state index >= 15 is 0 Å². The molecule has 0 saturated heterocycles. The van der Waals surface area contributed by atoms with Crippen molar-refractivity contribution in [3.8, 4) is 17.0 Å². The first-order valence-corrected chi connectivity index (χ1v) is 9.41. The molecular formula is C22H21N5O3. The maximum Gasteiger partial charge on any atom is 0.293 e. The predicted molar refractivity (Wildman–Crippen MR) is 114 cm³/mol. The van der Waals surface area contributed by atoms with Gasteiger partial charge in [-0.2, -0.15) is 10.2 Å². The van der Waals surface area contributed by atoms with E-state index in [4.69, 9.17) is 4.74 Å². The van der Waals surface area contributed by atoms with Crippen molar-refractivity contribution in [3.63, 3.8) is 0 Å². The van der Waals surface area contributed by atoms with Gasteiger partial charge in [0.2, 0.25) is 5.91 Å². The van der Waals surface area contributed by atoms with E-state index in [1.165, 1.54) is 10.8 Å². The zero-order chi connectivity index (χ0) is 21.3. The van der Waals surface area contributed by atoms with Gasteiger partial charge in [-0.15, -0.1) is 0 Å². The summed E-state index contributed by atoms with van der Waals surface area (Å²) < 4.78 is 7.71. The second-order valence-corrected chi connectivity index (χ2v) is 7.05. The van der Waals surface area contributed by atoms with Crippen LogP contribution in [0.4, 0.5) is 5.69 Å². The summed E-state index contributed by atoms with van der Waals surface area (Å²) in [6, 6.07) is 14.8. The molecule has 0 unspecified atom stereocenters. The average Bonchev–Trinajstić information content (AvgIpc) is 3.17. The van der Waals surface area contributed by atoms with E-state index in [1.54, 1.807) is 37.4 Å². The molecule has 1 N–H and O–H groups in total. The van der Waals surface area contributed by atoms with Gasteiger partial charge >= 0.3 is 0 Å². The Labute approximate surface area is 172 Å². The number of carbonyl (C=O) groups excluding carboxylic acids is 1. The summed E-state index contributed by atoms with van der Waals surface area (Å²) in [7, 11) is 1.55. The third-order valence-electron chi connectivity index (χ3n) is 4.81. The molecule has 0 bridgehead atoms. The average molecular weight is 403 g/mol. The van der Waals surface area contributed by atoms with Crippen LogP contribution in [-0.2, 0) is 11.3 Å². The normalized spacial score (nSPS) is 10.9. The van der Waals surface area contributed by atoms with Crippen LogP contribution in [0.5, 0.6) is 5.75 Å². The number of rotatable bonds is 5. The molecule has 0 aliphatic rings. The molecule has 4 aromatic rings. The Bertz CT molecular complexity index is 1310. The first-order valence-electron chi connectivity index (χ1n) is 9.41. The van der Waals surface area contributed by atoms with Crippen LogP contribution >= 0.6 is 0 Å². The van der Waals surface area contributed by atoms with Gasteiger partial charge in [-0.3, -0.25) is 9.59 Å². The Morgan fingerprint density at radius 1 is 1.13 bits per heavy atom. The number of hydrogen-bond acceptors (Lipinski definition) is 5. The summed E-state index contributed by atoms with van der Waals surface area (Å²) in [6.07, 6.45) is 1.43. The second-order valence-electron chi connectivity index (χ2n) is 7.05. The molecule has 2 aromatic carbocycles. The van der Waals surface area contributed by atoms with Crippen LogP contribution in [0.2, 0.25) is 0 Å². The number of anilines is 1. The number of amides is 1. The van der Waals surface area contributed by atoms with Crippen LogP contribution < -0.4 is 15.6 Å². The van der Waals surface area contributed by atoms with Gasteiger partial charge in [0.25, 0.3) is 5.56 Å². The molecule has 2 heterocycles. The molecule has 152 valence electrons. The predicted octanol–water partition coefficient (Wildman–Crippen LogP) is 2.82. The lowest BCUT2D eigenvalue weighted by molar-refractivity contribution is -0.117. The zero-order valence-electron chi connectivity index (χ0n) is 16.9. The highest BCUT2D eigenvalue weighted by atomic mass is 16.5. The van der Waals surface area contributed by atoms with Gasteiger partial charge in [0, 0.05) is 17.3 Å². The molecule has 0 aliphatic heterocycles. The maximum absolute atomic E-state index is 12.9. The van der Waals surface area contributed by atoms with Crippen LogP contribution in [0, 0.1) is 13.8 Å². The Balaban J connectivity index is 1.61. The number of nitrogens with zero attached hydrogens (tertiary/aromatic N) is 4. The van der Waals surface area contributed by atoms with Crippen molar-refractivity contribution < 1.29 is 9.53 Å². The van der Waals surface area contributed by atoms with Crippen LogP contribution in [0.25, 0.3) is 16.8 Å². The highest BCUT2D eigenvalue weighted by Gasteiger charge is 2.14. The Kier molecular flexibility index (Phi) is 5.05. The van der Waals surface area contributed by atoms with Gasteiger partial charge in [0.1, 0.15) is 24.1 Å². The van der Waals surface area contributed by atoms with Crippen molar-refractivity contribution in [1.29, 1.82) is 0 Å². The molecule has 0 saturated carbocycles. The monoisotopic (exact) mass is 403 g/mol. The molecule has 1 amide bonds. The maximum atomic E-state index is 12.9. The van der Waals surface area contributed by atoms with Crippen molar-refractivity contribution in [2.45, 2.75) is 20.4 Å². The van der Waals surface area contributed by atoms with Crippen LogP contribution in [0.3, 0.4) is 0 Å². The molecular weight excluding hydrogens is 382 g/mol. The van der Waals surface area contributed by atoms with Gasteiger partial charge in [0.15, 0.2) is 0 Å². The Morgan fingerprint density at radius 3 is 2.77 bits per heavy atom. The fourth-order valence-electron chi connectivity index (χ4n) is 3.23. The van der Waals surface area contributed by atoms with Gasteiger partial charge in [-0.25, -0.2) is 9.20 Å². The van der Waals surface area contributed by atoms with Crippen molar-refractivity contribution in [3.05, 3.63) is 76.3 Å². The molecule has 30 heavy (non-hydrogen) atoms. The first-order chi connectivity index (χ1) is 14.4. The summed E-state index contributed by atoms with van der Waals surface area (Å²) >= 11 is 0. The standard InChI is InChI=1S/C22H21N5O3/c1-14-7-8-15(2)18(9-14)19-11-20-22(29)26(23-13-27(20)25-19)12-21(28)24-16-5-4-6-17(10-16)30-3/h4-11,13H,12H2,1-3H3,(H,24,28). The summed E-state index contributed by atoms with van der Waals surface area (Å²) in [5, 5.41) is 11.3. The summed E-state index contributed by atoms with van der Waals surface area (Å²) in [5.74, 6) is 0.263. The number of fused-ring (bicyclic) bond motifs is 1. The number of methoxy groups -OCH3 is 1. The van der Waals surface area contributed by atoms with Crippen LogP contribution in [0.1, 0.15) is 11.1 Å². The number of benzene rings is 2. The highest BCUT2D eigenvalue weighted by Crippen LogP contribution is 2.23. The molecule has 8 nitrogen and oxygen atoms in total. The van der Waals surface area contributed by atoms with Gasteiger partial charge < -0.3 is 10.1 Å². The van der Waals surface area contributed by atoms with Crippen LogP contribution in [-0.4, -0.2) is 32.4 Å². The Hall–Kier alpha value is -3.94. The number of carbonyl (C=O) groups is 1. The van der Waals surface area contributed by atoms with E-state index in [0.29, 0.717) is 22.6 Å². The van der Waals surface area contributed by atoms with Crippen molar-refractivity contribution in [2.24, 2.45) is 0 Å². The minimum Gasteiger partial charge on any atom is -0.497 e. The zero-order valence-corrected chi connectivity index (χ0v) is 16.9. The molecule has 4 rings (SSSR count). The molecule has 0 fully saturated rings. The lowest BCUT2D eigenvalue weighted by Gasteiger charge is -2.08. The summed E-state index contributed by atoms with van der Waals surface area (Å²) in [4.78, 5) is 25.3. The lowest BCUT2D eigenvalue weighted by atomic mass is 10.0. The molecule has 0 aliphatic carbocycles. The van der Waals surface area contributed by atoms with Gasteiger partial charge in [-0.05, 0) is 43.7 Å². The highest BCUT2D eigenvalue weighted by molar-refractivity contribution is 5.90. The largest absolute Gasteiger partial charge is 0.497 e. The molecule has 0 spiro atoms. The lowest BCUT2D eigenvalue weighted by Crippen LogP contribution is -2.30. The molecule has 2 aromatic heterocycles. The number of aromatic nitrogens is 4. The minimum absolute atomic E-state index is 0.212. The van der Waals surface area contributed by atoms with E-state index < -0.39 is 0 Å². The summed E-state index contributed by atoms with van der Waals surface area (Å²) in [6.45, 7) is 3.79. The van der Waals surface area contributed by atoms with Gasteiger partial charge in [0.05, 0.1) is 12.8 Å². The third kappa shape index (κ3) is 3.80. The van der Waals surface area contributed by atoms with Crippen molar-refractivity contribution >= 4 is 17.1 Å². The fraction of sp³-hybridized carbons (Fsp3) is 0.182. The fourth-order valence-corrected chi connectivity index (χ4v) is 3.23. The SMILES string of the molecule is COc1cccc(NC(=O)Cn2ncn3nc(-c4cc(C)ccc4C)cc3c2=O)c1. The number of aryl methyl sites for hydroxylation is 2. The molecule has 0 atom stereocenters. The quantitative estimate of drug-likeness (QED) is 0.553. The van der Waals surface area contributed by atoms with Crippen molar-refractivity contribution in [2.75, 3.05) is 12.4 Å². The van der Waals surface area contributed by atoms with E-state index in [2.05, 4.69) is 15.5 Å². The smallest absolute Gasteiger partial charge is 0.293 e. The van der Waals surface area contributed by atoms with Crippen LogP contribution in [0.15, 0.2) is 59.7 Å². The van der Waals surface area contributed by atoms with Crippen molar-refractivity contribution in [1.82, 2.24) is 19.4 Å². The first kappa shape index (κ1) is 19.4. The number of nitrogens with one attached hydrogen (secondary N) is 1. The third-order valence-corrected chi connectivity index (χ3v) is 4.81. The topological polar surface area (TPSA) is 90.5 Å². The van der Waals surface area contributed by atoms with Gasteiger partial charge in [-0.1, -0.05) is 23.8 Å². The number of hydrogen-bond donors (Lipinski definition) is 1. The second kappa shape index (κ2) is 7.82. The van der Waals surface area contributed by atoms with E-state index in [1.807, 2.05) is 32.0 Å². The number of ether oxygens (including phenoxy) is 1. The minimum atomic E-state index is -0.387. The van der Waals surface area contributed by atoms with E-state index in [-0.39, 0.29) is 18.0 Å². The molecule has 8 heteroatoms. The molecule has 0 radical (unpaired) electrons. The van der Waals surface area contributed by atoms with E-state index in [0.717, 1.165) is 21.4 Å². The Morgan fingerprint density at radius 2 is 1.97 bits per heavy atom. The summed E-state index contributed by atoms with van der Waals surface area (Å²) in [5.41, 5.74) is 4.37. The van der Waals surface area contributed by atoms with E-state index in [9.17, 15) is 9.59 Å².